The molecule has 1 fully saturated rings. The summed E-state index contributed by atoms with van der Waals surface area (Å²) in [6.07, 6.45) is 7.68. The van der Waals surface area contributed by atoms with Crippen molar-refractivity contribution >= 4 is 0 Å². The lowest BCUT2D eigenvalue weighted by Crippen LogP contribution is -2.16. The van der Waals surface area contributed by atoms with Crippen LogP contribution in [0.3, 0.4) is 0 Å². The number of aromatic nitrogens is 2. The van der Waals surface area contributed by atoms with Crippen molar-refractivity contribution in [2.45, 2.75) is 38.2 Å². The van der Waals surface area contributed by atoms with Crippen LogP contribution in [-0.4, -0.2) is 14.9 Å². The van der Waals surface area contributed by atoms with Gasteiger partial charge in [0.25, 0.3) is 0 Å². The Balaban J connectivity index is 2.03. The van der Waals surface area contributed by atoms with Gasteiger partial charge >= 0.3 is 0 Å². The molecule has 0 unspecified atom stereocenters. The first-order chi connectivity index (χ1) is 6.77. The van der Waals surface area contributed by atoms with Gasteiger partial charge in [-0.2, -0.15) is 5.10 Å². The Kier molecular flexibility index (Phi) is 2.87. The molecular weight excluding hydrogens is 176 g/mol. The predicted octanol–water partition coefficient (Wildman–Crippen LogP) is 2.03. The van der Waals surface area contributed by atoms with Crippen LogP contribution in [0.5, 0.6) is 0 Å². The van der Waals surface area contributed by atoms with Crippen LogP contribution in [0.1, 0.15) is 43.9 Å². The molecule has 3 heteroatoms. The maximum atomic E-state index is 10.1. The smallest absolute Gasteiger partial charge is 0.101 e. The van der Waals surface area contributed by atoms with E-state index in [1.807, 2.05) is 19.3 Å². The van der Waals surface area contributed by atoms with Gasteiger partial charge in [-0.3, -0.25) is 4.68 Å². The van der Waals surface area contributed by atoms with Crippen LogP contribution < -0.4 is 0 Å². The van der Waals surface area contributed by atoms with Crippen LogP contribution in [0.2, 0.25) is 0 Å². The molecule has 1 aliphatic rings. The average Bonchev–Trinajstić information content (AvgIpc) is 2.65. The molecule has 78 valence electrons. The molecule has 0 spiro atoms. The fourth-order valence-electron chi connectivity index (χ4n) is 2.28. The minimum atomic E-state index is -0.350. The first kappa shape index (κ1) is 9.71. The largest absolute Gasteiger partial charge is 0.386 e. The lowest BCUT2D eigenvalue weighted by atomic mass is 9.84. The van der Waals surface area contributed by atoms with Gasteiger partial charge in [0.15, 0.2) is 0 Å². The van der Waals surface area contributed by atoms with Gasteiger partial charge in [-0.05, 0) is 24.8 Å². The third kappa shape index (κ3) is 1.98. The van der Waals surface area contributed by atoms with Gasteiger partial charge in [0.2, 0.25) is 0 Å². The molecule has 0 amide bonds. The summed E-state index contributed by atoms with van der Waals surface area (Å²) in [5, 5.41) is 14.3. The summed E-state index contributed by atoms with van der Waals surface area (Å²) in [5.41, 5.74) is 0.833. The Bertz CT molecular complexity index is 289. The zero-order valence-corrected chi connectivity index (χ0v) is 8.69. The molecule has 0 bridgehead atoms. The van der Waals surface area contributed by atoms with Crippen molar-refractivity contribution < 1.29 is 5.11 Å². The third-order valence-electron chi connectivity index (χ3n) is 3.13. The standard InChI is InChI=1S/C11H18N2O/c1-13-8-7-10(12-13)11(14)9-5-3-2-4-6-9/h7-9,11,14H,2-6H2,1H3/t11-/m1/s1. The zero-order chi connectivity index (χ0) is 9.97. The van der Waals surface area contributed by atoms with Crippen molar-refractivity contribution in [3.63, 3.8) is 0 Å². The molecule has 1 saturated carbocycles. The van der Waals surface area contributed by atoms with Gasteiger partial charge in [0, 0.05) is 13.2 Å². The Morgan fingerprint density at radius 2 is 2.14 bits per heavy atom. The molecule has 1 aromatic heterocycles. The van der Waals surface area contributed by atoms with Crippen LogP contribution in [0.15, 0.2) is 12.3 Å². The second kappa shape index (κ2) is 4.13. The molecule has 0 radical (unpaired) electrons. The first-order valence-corrected chi connectivity index (χ1v) is 5.45. The fourth-order valence-corrected chi connectivity index (χ4v) is 2.28. The lowest BCUT2D eigenvalue weighted by Gasteiger charge is -2.25. The molecule has 2 rings (SSSR count). The molecule has 1 aliphatic carbocycles. The predicted molar refractivity (Wildman–Crippen MR) is 54.7 cm³/mol. The highest BCUT2D eigenvalue weighted by molar-refractivity contribution is 5.04. The van der Waals surface area contributed by atoms with E-state index in [2.05, 4.69) is 5.10 Å². The zero-order valence-electron chi connectivity index (χ0n) is 8.69. The number of rotatable bonds is 2. The maximum Gasteiger partial charge on any atom is 0.101 e. The molecule has 3 nitrogen and oxygen atoms in total. The van der Waals surface area contributed by atoms with Crippen LogP contribution in [0.25, 0.3) is 0 Å². The number of aryl methyl sites for hydroxylation is 1. The van der Waals surface area contributed by atoms with Gasteiger partial charge in [-0.25, -0.2) is 0 Å². The maximum absolute atomic E-state index is 10.1. The lowest BCUT2D eigenvalue weighted by molar-refractivity contribution is 0.0806. The van der Waals surface area contributed by atoms with Crippen LogP contribution in [-0.2, 0) is 7.05 Å². The molecular formula is C11H18N2O. The van der Waals surface area contributed by atoms with Crippen molar-refractivity contribution in [2.75, 3.05) is 0 Å². The van der Waals surface area contributed by atoms with Crippen molar-refractivity contribution in [1.29, 1.82) is 0 Å². The summed E-state index contributed by atoms with van der Waals surface area (Å²) in [6, 6.07) is 1.92. The summed E-state index contributed by atoms with van der Waals surface area (Å²) < 4.78 is 1.75. The van der Waals surface area contributed by atoms with Crippen molar-refractivity contribution in [2.24, 2.45) is 13.0 Å². The molecule has 14 heavy (non-hydrogen) atoms. The highest BCUT2D eigenvalue weighted by Crippen LogP contribution is 2.33. The van der Waals surface area contributed by atoms with E-state index >= 15 is 0 Å². The first-order valence-electron chi connectivity index (χ1n) is 5.45. The Labute approximate surface area is 84.7 Å². The average molecular weight is 194 g/mol. The van der Waals surface area contributed by atoms with Gasteiger partial charge in [0.05, 0.1) is 5.69 Å². The Morgan fingerprint density at radius 1 is 1.43 bits per heavy atom. The van der Waals surface area contributed by atoms with Gasteiger partial charge < -0.3 is 5.11 Å². The Morgan fingerprint density at radius 3 is 2.71 bits per heavy atom. The van der Waals surface area contributed by atoms with Crippen LogP contribution in [0.4, 0.5) is 0 Å². The van der Waals surface area contributed by atoms with Crippen molar-refractivity contribution in [1.82, 2.24) is 9.78 Å². The summed E-state index contributed by atoms with van der Waals surface area (Å²) in [7, 11) is 1.89. The second-order valence-corrected chi connectivity index (χ2v) is 4.26. The van der Waals surface area contributed by atoms with Crippen molar-refractivity contribution in [3.8, 4) is 0 Å². The molecule has 0 aliphatic heterocycles. The number of hydrogen-bond donors (Lipinski definition) is 1. The molecule has 1 aromatic rings. The van der Waals surface area contributed by atoms with Gasteiger partial charge in [-0.1, -0.05) is 19.3 Å². The summed E-state index contributed by atoms with van der Waals surface area (Å²) in [5.74, 6) is 0.429. The summed E-state index contributed by atoms with van der Waals surface area (Å²) >= 11 is 0. The number of nitrogens with zero attached hydrogens (tertiary/aromatic N) is 2. The van der Waals surface area contributed by atoms with E-state index in [4.69, 9.17) is 0 Å². The van der Waals surface area contributed by atoms with Crippen LogP contribution in [0, 0.1) is 5.92 Å². The number of hydrogen-bond acceptors (Lipinski definition) is 2. The topological polar surface area (TPSA) is 38.0 Å². The normalized spacial score (nSPS) is 21.0. The Hall–Kier alpha value is -0.830. The molecule has 1 atom stereocenters. The highest BCUT2D eigenvalue weighted by Gasteiger charge is 2.24. The minimum Gasteiger partial charge on any atom is -0.386 e. The van der Waals surface area contributed by atoms with Crippen LogP contribution >= 0.6 is 0 Å². The number of aliphatic hydroxyl groups excluding tert-OH is 1. The van der Waals surface area contributed by atoms with E-state index in [0.29, 0.717) is 5.92 Å². The summed E-state index contributed by atoms with van der Waals surface area (Å²) in [4.78, 5) is 0. The van der Waals surface area contributed by atoms with Crippen molar-refractivity contribution in [3.05, 3.63) is 18.0 Å². The monoisotopic (exact) mass is 194 g/mol. The van der Waals surface area contributed by atoms with E-state index in [1.54, 1.807) is 4.68 Å². The highest BCUT2D eigenvalue weighted by atomic mass is 16.3. The quantitative estimate of drug-likeness (QED) is 0.782. The SMILES string of the molecule is Cn1ccc([C@H](O)C2CCCCC2)n1. The second-order valence-electron chi connectivity index (χ2n) is 4.26. The van der Waals surface area contributed by atoms with Gasteiger partial charge in [0.1, 0.15) is 6.10 Å². The molecule has 1 N–H and O–H groups in total. The molecule has 0 saturated heterocycles. The van der Waals surface area contributed by atoms with E-state index in [-0.39, 0.29) is 6.10 Å². The number of aliphatic hydroxyl groups is 1. The van der Waals surface area contributed by atoms with Gasteiger partial charge in [-0.15, -0.1) is 0 Å². The van der Waals surface area contributed by atoms with E-state index in [9.17, 15) is 5.11 Å². The van der Waals surface area contributed by atoms with E-state index in [0.717, 1.165) is 18.5 Å². The minimum absolute atomic E-state index is 0.350. The third-order valence-corrected chi connectivity index (χ3v) is 3.13. The summed E-state index contributed by atoms with van der Waals surface area (Å²) in [6.45, 7) is 0. The molecule has 1 heterocycles. The fraction of sp³-hybridized carbons (Fsp3) is 0.727. The van der Waals surface area contributed by atoms with E-state index in [1.165, 1.54) is 19.3 Å². The van der Waals surface area contributed by atoms with E-state index < -0.39 is 0 Å². The molecule has 0 aromatic carbocycles.